The molecular formula is C14H12ClN3O4S2. The number of hydrogen-bond donors (Lipinski definition) is 2. The molecule has 0 saturated carbocycles. The number of imide groups is 1. The summed E-state index contributed by atoms with van der Waals surface area (Å²) in [6, 6.07) is 6.02. The third-order valence-corrected chi connectivity index (χ3v) is 6.20. The third-order valence-electron chi connectivity index (χ3n) is 3.33. The van der Waals surface area contributed by atoms with Crippen LogP contribution in [-0.4, -0.2) is 31.8 Å². The molecule has 1 aliphatic rings. The number of amides is 3. The van der Waals surface area contributed by atoms with Crippen molar-refractivity contribution in [2.45, 2.75) is 11.4 Å². The SMILES string of the molecule is O=C1CNC(=O)N1Cc1cccc(NS(=O)(=O)c2cscc2Cl)c1. The van der Waals surface area contributed by atoms with E-state index in [0.29, 0.717) is 11.3 Å². The largest absolute Gasteiger partial charge is 0.329 e. The maximum atomic E-state index is 12.3. The van der Waals surface area contributed by atoms with Gasteiger partial charge in [-0.1, -0.05) is 23.7 Å². The standard InChI is InChI=1S/C14H12ClN3O4S2/c15-11-7-23-8-12(11)24(21,22)17-10-3-1-2-9(4-10)6-18-13(19)5-16-14(18)20/h1-4,7-8,17H,5-6H2,(H,16,20). The third kappa shape index (κ3) is 3.37. The predicted molar refractivity (Wildman–Crippen MR) is 90.5 cm³/mol. The Morgan fingerprint density at radius 3 is 2.71 bits per heavy atom. The Morgan fingerprint density at radius 1 is 1.29 bits per heavy atom. The Hall–Kier alpha value is -2.10. The number of urea groups is 1. The first kappa shape index (κ1) is 16.7. The molecule has 7 nitrogen and oxygen atoms in total. The van der Waals surface area contributed by atoms with Gasteiger partial charge in [0.05, 0.1) is 18.1 Å². The van der Waals surface area contributed by atoms with Gasteiger partial charge < -0.3 is 5.32 Å². The van der Waals surface area contributed by atoms with E-state index in [1.165, 1.54) is 22.1 Å². The number of anilines is 1. The number of rotatable bonds is 5. The summed E-state index contributed by atoms with van der Waals surface area (Å²) in [7, 11) is -3.80. The quantitative estimate of drug-likeness (QED) is 0.771. The fraction of sp³-hybridized carbons (Fsp3) is 0.143. The molecule has 24 heavy (non-hydrogen) atoms. The lowest BCUT2D eigenvalue weighted by molar-refractivity contribution is -0.125. The van der Waals surface area contributed by atoms with Crippen molar-refractivity contribution in [1.82, 2.24) is 10.2 Å². The minimum absolute atomic E-state index is 0.00803. The summed E-state index contributed by atoms with van der Waals surface area (Å²) in [5.74, 6) is -0.323. The van der Waals surface area contributed by atoms with Crippen LogP contribution in [0.5, 0.6) is 0 Å². The Labute approximate surface area is 147 Å². The number of carbonyl (C=O) groups is 2. The molecular weight excluding hydrogens is 374 g/mol. The van der Waals surface area contributed by atoms with Crippen molar-refractivity contribution in [2.75, 3.05) is 11.3 Å². The number of halogens is 1. The zero-order valence-corrected chi connectivity index (χ0v) is 14.5. The van der Waals surface area contributed by atoms with Crippen molar-refractivity contribution in [3.63, 3.8) is 0 Å². The Kier molecular flexibility index (Phi) is 4.48. The normalized spacial score (nSPS) is 14.8. The Balaban J connectivity index is 1.80. The molecule has 2 N–H and O–H groups in total. The fourth-order valence-corrected chi connectivity index (χ4v) is 4.96. The summed E-state index contributed by atoms with van der Waals surface area (Å²) in [6.45, 7) is 0.0429. The average Bonchev–Trinajstić information content (AvgIpc) is 3.08. The van der Waals surface area contributed by atoms with Crippen molar-refractivity contribution in [3.8, 4) is 0 Å². The summed E-state index contributed by atoms with van der Waals surface area (Å²) in [4.78, 5) is 24.3. The van der Waals surface area contributed by atoms with Gasteiger partial charge in [-0.25, -0.2) is 13.2 Å². The molecule has 1 aromatic heterocycles. The molecule has 2 aromatic rings. The number of carbonyl (C=O) groups excluding carboxylic acids is 2. The highest BCUT2D eigenvalue weighted by Crippen LogP contribution is 2.27. The van der Waals surface area contributed by atoms with Crippen molar-refractivity contribution < 1.29 is 18.0 Å². The average molecular weight is 386 g/mol. The number of sulfonamides is 1. The zero-order valence-electron chi connectivity index (χ0n) is 12.2. The minimum Gasteiger partial charge on any atom is -0.329 e. The van der Waals surface area contributed by atoms with E-state index >= 15 is 0 Å². The Bertz CT molecular complexity index is 894. The second-order valence-electron chi connectivity index (χ2n) is 5.03. The molecule has 0 atom stereocenters. The van der Waals surface area contributed by atoms with Crippen LogP contribution < -0.4 is 10.0 Å². The van der Waals surface area contributed by atoms with Gasteiger partial charge in [0.1, 0.15) is 4.90 Å². The molecule has 3 rings (SSSR count). The van der Waals surface area contributed by atoms with Crippen LogP contribution in [0.3, 0.4) is 0 Å². The van der Waals surface area contributed by atoms with E-state index in [1.807, 2.05) is 0 Å². The highest BCUT2D eigenvalue weighted by Gasteiger charge is 2.28. The van der Waals surface area contributed by atoms with Crippen LogP contribution in [0.1, 0.15) is 5.56 Å². The second kappa shape index (κ2) is 6.42. The van der Waals surface area contributed by atoms with Gasteiger partial charge in [-0.15, -0.1) is 11.3 Å². The smallest absolute Gasteiger partial charge is 0.324 e. The van der Waals surface area contributed by atoms with E-state index in [9.17, 15) is 18.0 Å². The van der Waals surface area contributed by atoms with Crippen LogP contribution in [0.25, 0.3) is 0 Å². The summed E-state index contributed by atoms with van der Waals surface area (Å²) in [6.07, 6.45) is 0. The summed E-state index contributed by atoms with van der Waals surface area (Å²) in [5.41, 5.74) is 0.943. The molecule has 0 radical (unpaired) electrons. The van der Waals surface area contributed by atoms with Gasteiger partial charge in [-0.3, -0.25) is 14.4 Å². The van der Waals surface area contributed by atoms with E-state index < -0.39 is 16.1 Å². The Morgan fingerprint density at radius 2 is 2.08 bits per heavy atom. The van der Waals surface area contributed by atoms with Crippen molar-refractivity contribution >= 4 is 50.6 Å². The first-order chi connectivity index (χ1) is 11.4. The van der Waals surface area contributed by atoms with Crippen molar-refractivity contribution in [2.24, 2.45) is 0 Å². The van der Waals surface area contributed by atoms with Gasteiger partial charge in [0, 0.05) is 16.4 Å². The second-order valence-corrected chi connectivity index (χ2v) is 7.83. The van der Waals surface area contributed by atoms with Gasteiger partial charge >= 0.3 is 6.03 Å². The molecule has 0 unspecified atom stereocenters. The van der Waals surface area contributed by atoms with Gasteiger partial charge in [0.25, 0.3) is 10.0 Å². The lowest BCUT2D eigenvalue weighted by Crippen LogP contribution is -2.30. The number of nitrogens with zero attached hydrogens (tertiary/aromatic N) is 1. The minimum atomic E-state index is -3.80. The van der Waals surface area contributed by atoms with E-state index in [0.717, 1.165) is 4.90 Å². The van der Waals surface area contributed by atoms with E-state index in [-0.39, 0.29) is 28.9 Å². The van der Waals surface area contributed by atoms with Gasteiger partial charge in [0.2, 0.25) is 5.91 Å². The van der Waals surface area contributed by atoms with E-state index in [1.54, 1.807) is 24.3 Å². The molecule has 1 fully saturated rings. The maximum absolute atomic E-state index is 12.3. The molecule has 1 aliphatic heterocycles. The maximum Gasteiger partial charge on any atom is 0.324 e. The van der Waals surface area contributed by atoms with Crippen LogP contribution in [-0.2, 0) is 21.4 Å². The number of thiophene rings is 1. The molecule has 0 bridgehead atoms. The molecule has 0 aliphatic carbocycles. The van der Waals surface area contributed by atoms with E-state index in [4.69, 9.17) is 11.6 Å². The molecule has 2 heterocycles. The molecule has 126 valence electrons. The lowest BCUT2D eigenvalue weighted by Gasteiger charge is -2.13. The summed E-state index contributed by atoms with van der Waals surface area (Å²) < 4.78 is 27.1. The van der Waals surface area contributed by atoms with Crippen LogP contribution in [0, 0.1) is 0 Å². The zero-order chi connectivity index (χ0) is 17.3. The van der Waals surface area contributed by atoms with Crippen LogP contribution in [0.4, 0.5) is 10.5 Å². The molecule has 3 amide bonds. The summed E-state index contributed by atoms with van der Waals surface area (Å²) in [5, 5.41) is 5.56. The van der Waals surface area contributed by atoms with Gasteiger partial charge in [-0.05, 0) is 17.7 Å². The predicted octanol–water partition coefficient (Wildman–Crippen LogP) is 2.25. The van der Waals surface area contributed by atoms with Gasteiger partial charge in [0.15, 0.2) is 0 Å². The number of nitrogens with one attached hydrogen (secondary N) is 2. The number of benzene rings is 1. The first-order valence-corrected chi connectivity index (χ1v) is 9.59. The van der Waals surface area contributed by atoms with Gasteiger partial charge in [-0.2, -0.15) is 0 Å². The monoisotopic (exact) mass is 385 g/mol. The molecule has 1 aromatic carbocycles. The molecule has 0 spiro atoms. The van der Waals surface area contributed by atoms with Crippen molar-refractivity contribution in [1.29, 1.82) is 0 Å². The fourth-order valence-electron chi connectivity index (χ4n) is 2.20. The highest BCUT2D eigenvalue weighted by molar-refractivity contribution is 7.93. The topological polar surface area (TPSA) is 95.6 Å². The molecule has 1 saturated heterocycles. The van der Waals surface area contributed by atoms with Crippen molar-refractivity contribution in [3.05, 3.63) is 45.6 Å². The first-order valence-electron chi connectivity index (χ1n) is 6.78. The summed E-state index contributed by atoms with van der Waals surface area (Å²) >= 11 is 7.06. The number of hydrogen-bond acceptors (Lipinski definition) is 5. The van der Waals surface area contributed by atoms with Crippen LogP contribution >= 0.6 is 22.9 Å². The van der Waals surface area contributed by atoms with E-state index in [2.05, 4.69) is 10.0 Å². The van der Waals surface area contributed by atoms with Crippen LogP contribution in [0.2, 0.25) is 5.02 Å². The highest BCUT2D eigenvalue weighted by atomic mass is 35.5. The molecule has 10 heteroatoms. The lowest BCUT2D eigenvalue weighted by atomic mass is 10.2. The van der Waals surface area contributed by atoms with Crippen LogP contribution in [0.15, 0.2) is 39.9 Å².